The number of rotatable bonds is 5. The number of nitrogens with one attached hydrogen (secondary N) is 1. The normalized spacial score (nSPS) is 23.7. The lowest BCUT2D eigenvalue weighted by atomic mass is 9.80. The first kappa shape index (κ1) is 15.8. The molecule has 0 heterocycles. The zero-order valence-corrected chi connectivity index (χ0v) is 12.8. The number of sulfonamides is 1. The standard InChI is InChI=1S/C14H20ClNO3S/c15-13-6-3-7-14(8-13)20(18,19)16-9-11-4-1-2-5-12(11)10-17/h3,6-8,11-12,16-17H,1-2,4-5,9-10H2. The summed E-state index contributed by atoms with van der Waals surface area (Å²) in [5.74, 6) is 0.411. The third-order valence-corrected chi connectivity index (χ3v) is 5.60. The van der Waals surface area contributed by atoms with Gasteiger partial charge in [-0.3, -0.25) is 0 Å². The number of aliphatic hydroxyl groups excluding tert-OH is 1. The second-order valence-electron chi connectivity index (χ2n) is 5.30. The monoisotopic (exact) mass is 317 g/mol. The molecule has 2 atom stereocenters. The first-order valence-corrected chi connectivity index (χ1v) is 8.75. The molecular formula is C14H20ClNO3S. The summed E-state index contributed by atoms with van der Waals surface area (Å²) in [6.07, 6.45) is 4.15. The van der Waals surface area contributed by atoms with E-state index in [1.807, 2.05) is 0 Å². The Morgan fingerprint density at radius 1 is 1.25 bits per heavy atom. The minimum absolute atomic E-state index is 0.129. The molecule has 0 spiro atoms. The molecule has 2 N–H and O–H groups in total. The molecule has 0 radical (unpaired) electrons. The van der Waals surface area contributed by atoms with Crippen LogP contribution in [0.15, 0.2) is 29.2 Å². The van der Waals surface area contributed by atoms with E-state index in [-0.39, 0.29) is 23.3 Å². The van der Waals surface area contributed by atoms with Gasteiger partial charge in [0.15, 0.2) is 0 Å². The highest BCUT2D eigenvalue weighted by Gasteiger charge is 2.26. The summed E-state index contributed by atoms with van der Waals surface area (Å²) in [5.41, 5.74) is 0. The summed E-state index contributed by atoms with van der Waals surface area (Å²) in [7, 11) is -3.53. The minimum atomic E-state index is -3.53. The SMILES string of the molecule is O=S(=O)(NCC1CCCCC1CO)c1cccc(Cl)c1. The lowest BCUT2D eigenvalue weighted by Gasteiger charge is -2.30. The van der Waals surface area contributed by atoms with Gasteiger partial charge in [0, 0.05) is 18.2 Å². The van der Waals surface area contributed by atoms with Gasteiger partial charge in [0.2, 0.25) is 10.0 Å². The first-order chi connectivity index (χ1) is 9.53. The Labute approximate surface area is 125 Å². The van der Waals surface area contributed by atoms with Crippen molar-refractivity contribution < 1.29 is 13.5 Å². The molecule has 0 aromatic heterocycles. The Morgan fingerprint density at radius 3 is 2.60 bits per heavy atom. The molecule has 0 bridgehead atoms. The van der Waals surface area contributed by atoms with Gasteiger partial charge < -0.3 is 5.11 Å². The van der Waals surface area contributed by atoms with Crippen LogP contribution in [0.3, 0.4) is 0 Å². The summed E-state index contributed by atoms with van der Waals surface area (Å²) in [5, 5.41) is 9.75. The second-order valence-corrected chi connectivity index (χ2v) is 7.50. The van der Waals surface area contributed by atoms with Gasteiger partial charge in [-0.25, -0.2) is 13.1 Å². The molecule has 0 saturated heterocycles. The Bertz CT molecular complexity index is 547. The largest absolute Gasteiger partial charge is 0.396 e. The Kier molecular flexibility index (Phi) is 5.43. The molecule has 20 heavy (non-hydrogen) atoms. The van der Waals surface area contributed by atoms with Crippen LogP contribution >= 0.6 is 11.6 Å². The van der Waals surface area contributed by atoms with Crippen molar-refractivity contribution in [3.05, 3.63) is 29.3 Å². The molecule has 2 rings (SSSR count). The predicted molar refractivity (Wildman–Crippen MR) is 79.2 cm³/mol. The van der Waals surface area contributed by atoms with Crippen LogP contribution in [0.25, 0.3) is 0 Å². The molecule has 1 aromatic carbocycles. The minimum Gasteiger partial charge on any atom is -0.396 e. The molecular weight excluding hydrogens is 298 g/mol. The Morgan fingerprint density at radius 2 is 1.95 bits per heavy atom. The number of hydrogen-bond donors (Lipinski definition) is 2. The molecule has 1 aliphatic carbocycles. The van der Waals surface area contributed by atoms with Crippen molar-refractivity contribution in [2.75, 3.05) is 13.2 Å². The molecule has 0 amide bonds. The topological polar surface area (TPSA) is 66.4 Å². The first-order valence-electron chi connectivity index (χ1n) is 6.89. The zero-order valence-electron chi connectivity index (χ0n) is 11.3. The van der Waals surface area contributed by atoms with E-state index in [0.29, 0.717) is 11.6 Å². The summed E-state index contributed by atoms with van der Waals surface area (Å²) >= 11 is 5.82. The van der Waals surface area contributed by atoms with E-state index in [0.717, 1.165) is 25.7 Å². The zero-order chi connectivity index (χ0) is 14.6. The van der Waals surface area contributed by atoms with Crippen molar-refractivity contribution in [2.24, 2.45) is 11.8 Å². The molecule has 1 aliphatic rings. The van der Waals surface area contributed by atoms with Gasteiger partial charge in [0.1, 0.15) is 0 Å². The van der Waals surface area contributed by atoms with Crippen LogP contribution in [0, 0.1) is 11.8 Å². The summed E-state index contributed by atoms with van der Waals surface area (Å²) in [6.45, 7) is 0.504. The van der Waals surface area contributed by atoms with Crippen molar-refractivity contribution >= 4 is 21.6 Å². The van der Waals surface area contributed by atoms with Crippen molar-refractivity contribution in [3.63, 3.8) is 0 Å². The van der Waals surface area contributed by atoms with E-state index in [4.69, 9.17) is 11.6 Å². The molecule has 1 saturated carbocycles. The Hall–Kier alpha value is -0.620. The van der Waals surface area contributed by atoms with E-state index in [1.54, 1.807) is 12.1 Å². The Balaban J connectivity index is 2.02. The van der Waals surface area contributed by atoms with E-state index in [1.165, 1.54) is 12.1 Å². The molecule has 1 fully saturated rings. The predicted octanol–water partition coefficient (Wildman–Crippen LogP) is 2.42. The number of benzene rings is 1. The van der Waals surface area contributed by atoms with E-state index < -0.39 is 10.0 Å². The number of aliphatic hydroxyl groups is 1. The highest BCUT2D eigenvalue weighted by atomic mass is 35.5. The number of halogens is 1. The maximum atomic E-state index is 12.2. The van der Waals surface area contributed by atoms with Crippen LogP contribution in [0.5, 0.6) is 0 Å². The molecule has 112 valence electrons. The molecule has 6 heteroatoms. The molecule has 4 nitrogen and oxygen atoms in total. The van der Waals surface area contributed by atoms with Crippen molar-refractivity contribution in [2.45, 2.75) is 30.6 Å². The molecule has 2 unspecified atom stereocenters. The van der Waals surface area contributed by atoms with Gasteiger partial charge in [-0.05, 0) is 42.9 Å². The fourth-order valence-electron chi connectivity index (χ4n) is 2.73. The van der Waals surface area contributed by atoms with Gasteiger partial charge >= 0.3 is 0 Å². The summed E-state index contributed by atoms with van der Waals surface area (Å²) in [4.78, 5) is 0.182. The smallest absolute Gasteiger partial charge is 0.240 e. The lowest BCUT2D eigenvalue weighted by Crippen LogP contribution is -2.35. The highest BCUT2D eigenvalue weighted by molar-refractivity contribution is 7.89. The number of hydrogen-bond acceptors (Lipinski definition) is 3. The average molecular weight is 318 g/mol. The van der Waals surface area contributed by atoms with Gasteiger partial charge in [-0.2, -0.15) is 0 Å². The van der Waals surface area contributed by atoms with E-state index in [2.05, 4.69) is 4.72 Å². The van der Waals surface area contributed by atoms with Crippen LogP contribution in [0.2, 0.25) is 5.02 Å². The summed E-state index contributed by atoms with van der Waals surface area (Å²) < 4.78 is 27.0. The third kappa shape index (κ3) is 3.95. The van der Waals surface area contributed by atoms with Crippen molar-refractivity contribution in [3.8, 4) is 0 Å². The van der Waals surface area contributed by atoms with E-state index >= 15 is 0 Å². The molecule has 0 aliphatic heterocycles. The third-order valence-electron chi connectivity index (χ3n) is 3.94. The van der Waals surface area contributed by atoms with Gasteiger partial charge in [0.25, 0.3) is 0 Å². The van der Waals surface area contributed by atoms with Crippen molar-refractivity contribution in [1.29, 1.82) is 0 Å². The quantitative estimate of drug-likeness (QED) is 0.876. The van der Waals surface area contributed by atoms with Crippen molar-refractivity contribution in [1.82, 2.24) is 4.72 Å². The second kappa shape index (κ2) is 6.89. The lowest BCUT2D eigenvalue weighted by molar-refractivity contribution is 0.136. The van der Waals surface area contributed by atoms with Crippen LogP contribution in [0.4, 0.5) is 0 Å². The van der Waals surface area contributed by atoms with Crippen LogP contribution in [-0.2, 0) is 10.0 Å². The van der Waals surface area contributed by atoms with Crippen LogP contribution < -0.4 is 4.72 Å². The van der Waals surface area contributed by atoms with Gasteiger partial charge in [0.05, 0.1) is 4.90 Å². The summed E-state index contributed by atoms with van der Waals surface area (Å²) in [6, 6.07) is 6.23. The van der Waals surface area contributed by atoms with Gasteiger partial charge in [-0.15, -0.1) is 0 Å². The van der Waals surface area contributed by atoms with Gasteiger partial charge in [-0.1, -0.05) is 30.5 Å². The molecule has 1 aromatic rings. The fraction of sp³-hybridized carbons (Fsp3) is 0.571. The average Bonchev–Trinajstić information content (AvgIpc) is 2.45. The maximum Gasteiger partial charge on any atom is 0.240 e. The van der Waals surface area contributed by atoms with Crippen LogP contribution in [0.1, 0.15) is 25.7 Å². The maximum absolute atomic E-state index is 12.2. The highest BCUT2D eigenvalue weighted by Crippen LogP contribution is 2.29. The van der Waals surface area contributed by atoms with E-state index in [9.17, 15) is 13.5 Å². The van der Waals surface area contributed by atoms with Crippen LogP contribution in [-0.4, -0.2) is 26.7 Å². The fourth-order valence-corrected chi connectivity index (χ4v) is 4.12.